The number of hydrogen-bond donors (Lipinski definition) is 6. The second-order valence-electron chi connectivity index (χ2n) is 15.1. The van der Waals surface area contributed by atoms with Gasteiger partial charge >= 0.3 is 34.5 Å². The molecule has 2 atom stereocenters. The van der Waals surface area contributed by atoms with Gasteiger partial charge in [0.15, 0.2) is 5.82 Å². The fraction of sp³-hybridized carbons (Fsp3) is 0.289. The number of primary amides is 2. The van der Waals surface area contributed by atoms with Crippen LogP contribution in [-0.4, -0.2) is 98.5 Å². The number of rotatable bonds is 12. The topological polar surface area (TPSA) is 218 Å². The van der Waals surface area contributed by atoms with Crippen molar-refractivity contribution < 1.29 is 24.4 Å². The van der Waals surface area contributed by atoms with Crippen molar-refractivity contribution in [3.8, 4) is 11.4 Å². The van der Waals surface area contributed by atoms with Crippen molar-refractivity contribution in [3.63, 3.8) is 0 Å². The van der Waals surface area contributed by atoms with Crippen molar-refractivity contribution in [1.29, 1.82) is 0 Å². The van der Waals surface area contributed by atoms with E-state index in [1.807, 2.05) is 56.3 Å². The van der Waals surface area contributed by atoms with Crippen LogP contribution in [0.15, 0.2) is 84.9 Å². The van der Waals surface area contributed by atoms with Crippen molar-refractivity contribution in [2.24, 2.45) is 11.5 Å². The van der Waals surface area contributed by atoms with E-state index in [-0.39, 0.29) is 11.3 Å². The molecule has 21 heteroatoms. The van der Waals surface area contributed by atoms with Crippen LogP contribution in [0, 0.1) is 19.9 Å². The van der Waals surface area contributed by atoms with Crippen LogP contribution >= 0.6 is 54.6 Å². The van der Waals surface area contributed by atoms with Crippen LogP contribution in [0.25, 0.3) is 11.4 Å². The molecule has 0 spiro atoms. The number of carbonyl (C=O) groups excluding carboxylic acids is 2. The molecule has 0 saturated carbocycles. The Morgan fingerprint density at radius 1 is 0.833 bits per heavy atom. The molecule has 6 aromatic rings. The Kier molecular flexibility index (Phi) is 20.5. The van der Waals surface area contributed by atoms with Gasteiger partial charge in [0, 0.05) is 64.8 Å². The number of halogens is 4. The maximum atomic E-state index is 11.6. The average Bonchev–Trinajstić information content (AvgIpc) is 3.98. The number of nitrogens with two attached hydrogens (primary N) is 2. The van der Waals surface area contributed by atoms with Crippen LogP contribution in [0.2, 0.25) is 15.3 Å². The molecule has 2 aliphatic heterocycles. The summed E-state index contributed by atoms with van der Waals surface area (Å²) in [6.07, 6.45) is 2.04. The summed E-state index contributed by atoms with van der Waals surface area (Å²) in [4.78, 5) is 54.2. The third-order valence-electron chi connectivity index (χ3n) is 10.3. The van der Waals surface area contributed by atoms with Gasteiger partial charge in [-0.1, -0.05) is 40.9 Å². The number of anilines is 6. The van der Waals surface area contributed by atoms with Gasteiger partial charge in [-0.3, -0.25) is 9.59 Å². The zero-order valence-corrected chi connectivity index (χ0v) is 44.3. The first-order chi connectivity index (χ1) is 31.7. The molecule has 2 aliphatic rings. The van der Waals surface area contributed by atoms with Gasteiger partial charge in [-0.25, -0.2) is 0 Å². The zero-order chi connectivity index (χ0) is 47.8. The summed E-state index contributed by atoms with van der Waals surface area (Å²) >= 11 is 21.4. The Labute approximate surface area is 420 Å². The van der Waals surface area contributed by atoms with E-state index in [2.05, 4.69) is 101 Å². The normalized spacial score (nSPS) is 15.2. The summed E-state index contributed by atoms with van der Waals surface area (Å²) in [5.41, 5.74) is 15.6. The van der Waals surface area contributed by atoms with Crippen LogP contribution in [0.5, 0.6) is 0 Å². The van der Waals surface area contributed by atoms with Gasteiger partial charge in [0.05, 0.1) is 0 Å². The molecule has 0 radical (unpaired) electrons. The summed E-state index contributed by atoms with van der Waals surface area (Å²) in [5.74, 6) is 1.22. The maximum absolute atomic E-state index is 11.6. The van der Waals surface area contributed by atoms with Gasteiger partial charge in [-0.15, -0.1) is 0 Å². The Bertz CT molecular complexity index is 2560. The molecule has 2 aromatic heterocycles. The molecule has 2 fully saturated rings. The van der Waals surface area contributed by atoms with Crippen molar-refractivity contribution in [2.45, 2.75) is 45.7 Å². The molecule has 2 saturated heterocycles. The molecular formula is C45H50Cl3IN14O2Zn. The molecule has 8 rings (SSSR count). The van der Waals surface area contributed by atoms with Crippen molar-refractivity contribution in [1.82, 2.24) is 40.1 Å². The molecule has 4 heterocycles. The quantitative estimate of drug-likeness (QED) is 0.0386. The number of aromatic nitrogens is 6. The first-order valence-corrected chi connectivity index (χ1v) is 31.0. The van der Waals surface area contributed by atoms with Crippen molar-refractivity contribution in [3.05, 3.63) is 129 Å². The number of aryl methyl sites for hydroxylation is 2. The number of likely N-dealkylation sites (N-methyl/N-ethyl adjacent to an activating group) is 2. The number of benzene rings is 4. The third kappa shape index (κ3) is 15.6. The number of likely N-dealkylation sites (tertiary alicyclic amines) is 1. The molecule has 4 aromatic carbocycles. The number of nitrogens with zero attached hydrogens (tertiary/aromatic N) is 8. The van der Waals surface area contributed by atoms with Crippen LogP contribution in [0.4, 0.5) is 35.2 Å². The van der Waals surface area contributed by atoms with Crippen LogP contribution in [0.1, 0.15) is 51.6 Å². The first kappa shape index (κ1) is 52.2. The van der Waals surface area contributed by atoms with E-state index in [0.717, 1.165) is 67.3 Å². The van der Waals surface area contributed by atoms with Crippen LogP contribution < -0.4 is 37.6 Å². The number of nitrogens with one attached hydrogen (secondary N) is 4. The SMILES string of the molecule is CCN(c1nc(Cl)nc(Nc2cc(C(N)=O)ccc2C)n1)[C@@H]1CCN(C)C1.Cc1ccc(C(N)=O)cc1Nc1nc(N[C@@H]2CCNC2)nc(-c2cccc(Cl)c2)n1.Clc1c[c-]ccc1.[Zn+][I]. The minimum absolute atomic E-state index is 0.121. The minimum atomic E-state index is -0.496. The van der Waals surface area contributed by atoms with E-state index >= 15 is 0 Å². The van der Waals surface area contributed by atoms with E-state index in [9.17, 15) is 9.59 Å². The van der Waals surface area contributed by atoms with Crippen molar-refractivity contribution in [2.75, 3.05) is 60.6 Å². The third-order valence-corrected chi connectivity index (χ3v) is 11.0. The van der Waals surface area contributed by atoms with Crippen molar-refractivity contribution >= 4 is 102 Å². The average molecular weight is 1120 g/mol. The first-order valence-electron chi connectivity index (χ1n) is 20.8. The number of hydrogen-bond acceptors (Lipinski definition) is 14. The predicted molar refractivity (Wildman–Crippen MR) is 269 cm³/mol. The molecule has 66 heavy (non-hydrogen) atoms. The van der Waals surface area contributed by atoms with E-state index in [4.69, 9.17) is 46.3 Å². The van der Waals surface area contributed by atoms with Gasteiger partial charge in [0.25, 0.3) is 0 Å². The summed E-state index contributed by atoms with van der Waals surface area (Å²) in [7, 11) is 2.11. The van der Waals surface area contributed by atoms with Gasteiger partial charge < -0.3 is 42.5 Å². The molecule has 0 aliphatic carbocycles. The van der Waals surface area contributed by atoms with Crippen LogP contribution in [-0.2, 0) is 14.8 Å². The van der Waals surface area contributed by atoms with E-state index in [1.165, 1.54) is 14.8 Å². The molecule has 2 amide bonds. The summed E-state index contributed by atoms with van der Waals surface area (Å²) in [5, 5.41) is 14.5. The monoisotopic (exact) mass is 1110 g/mol. The molecular weight excluding hydrogens is 1070 g/mol. The Balaban J connectivity index is 0.000000209. The predicted octanol–water partition coefficient (Wildman–Crippen LogP) is 8.35. The zero-order valence-electron chi connectivity index (χ0n) is 37.0. The standard InChI is InChI=1S/C21H22ClN7O.C18H24ClN7O.C6H4Cl.HI.Zn/c1-12-5-6-13(18(23)30)10-17(12)26-21-28-19(14-3-2-4-15(22)9-14)27-20(29-21)25-16-7-8-24-11-16;1-4-26(13-7-8-25(3)10-13)18-23-16(19)22-17(24-18)21-14-9-12(15(20)27)6-5-11(14)2;7-6-4-2-1-3-5-6;;/h2-6,9-10,16,24H,7-8,11H2,1H3,(H2,23,30)(H2,25,26,27,28,29);5-6,9,13H,4,7-8,10H2,1-3H3,(H2,20,27)(H,21,22,23,24);1-2,4-5H;1H;/q;;-1;;+2/p-1/t16-;13-;;;/m11.../s1. The second-order valence-corrected chi connectivity index (χ2v) is 16.3. The van der Waals surface area contributed by atoms with Crippen LogP contribution in [0.3, 0.4) is 0 Å². The summed E-state index contributed by atoms with van der Waals surface area (Å²) < 4.78 is 0. The Hall–Kier alpha value is -4.82. The molecule has 0 unspecified atom stereocenters. The van der Waals surface area contributed by atoms with Gasteiger partial charge in [-0.2, -0.15) is 71.8 Å². The summed E-state index contributed by atoms with van der Waals surface area (Å²) in [6, 6.07) is 28.3. The van der Waals surface area contributed by atoms with E-state index < -0.39 is 11.8 Å². The number of carbonyl (C=O) groups is 2. The fourth-order valence-corrected chi connectivity index (χ4v) is 7.38. The van der Waals surface area contributed by atoms with Gasteiger partial charge in [0.1, 0.15) is 0 Å². The van der Waals surface area contributed by atoms with Gasteiger partial charge in [0.2, 0.25) is 40.9 Å². The Morgan fingerprint density at radius 2 is 1.47 bits per heavy atom. The molecule has 342 valence electrons. The summed E-state index contributed by atoms with van der Waals surface area (Å²) in [6.45, 7) is 10.5. The van der Waals surface area contributed by atoms with E-state index in [1.54, 1.807) is 42.5 Å². The molecule has 0 bridgehead atoms. The second kappa shape index (κ2) is 25.9. The number of amides is 2. The fourth-order valence-electron chi connectivity index (χ4n) is 6.90. The molecule has 16 nitrogen and oxygen atoms in total. The van der Waals surface area contributed by atoms with E-state index in [0.29, 0.717) is 63.2 Å². The molecule has 8 N–H and O–H groups in total. The van der Waals surface area contributed by atoms with Gasteiger partial charge in [-0.05, 0) is 113 Å². The Morgan fingerprint density at radius 3 is 1.98 bits per heavy atom.